The normalized spacial score (nSPS) is 13.2. The first kappa shape index (κ1) is 12.4. The summed E-state index contributed by atoms with van der Waals surface area (Å²) < 4.78 is 0. The summed E-state index contributed by atoms with van der Waals surface area (Å²) in [6, 6.07) is 19.3. The topological polar surface area (TPSA) is 20.2 Å². The Morgan fingerprint density at radius 2 is 1.50 bits per heavy atom. The predicted molar refractivity (Wildman–Crippen MR) is 73.9 cm³/mol. The number of rotatable bonds is 2. The fourth-order valence-electron chi connectivity index (χ4n) is 1.78. The Kier molecular flexibility index (Phi) is 3.82. The molecule has 0 aliphatic carbocycles. The van der Waals surface area contributed by atoms with Crippen LogP contribution in [0.1, 0.15) is 24.5 Å². The molecular weight excluding hydrogens is 220 g/mol. The highest BCUT2D eigenvalue weighted by Crippen LogP contribution is 2.23. The van der Waals surface area contributed by atoms with E-state index in [4.69, 9.17) is 0 Å². The van der Waals surface area contributed by atoms with Gasteiger partial charge in [0.25, 0.3) is 0 Å². The summed E-state index contributed by atoms with van der Waals surface area (Å²) in [6.45, 7) is 1.94. The third-order valence-electron chi connectivity index (χ3n) is 2.95. The lowest BCUT2D eigenvalue weighted by atomic mass is 9.91. The summed E-state index contributed by atoms with van der Waals surface area (Å²) >= 11 is 0. The Labute approximate surface area is 108 Å². The molecule has 0 heterocycles. The molecule has 18 heavy (non-hydrogen) atoms. The summed E-state index contributed by atoms with van der Waals surface area (Å²) in [7, 11) is 0. The Morgan fingerprint density at radius 1 is 0.944 bits per heavy atom. The van der Waals surface area contributed by atoms with E-state index in [-0.39, 0.29) is 0 Å². The second-order valence-electron chi connectivity index (χ2n) is 4.20. The monoisotopic (exact) mass is 236 g/mol. The lowest BCUT2D eigenvalue weighted by molar-refractivity contribution is 0.0960. The average molecular weight is 236 g/mol. The van der Waals surface area contributed by atoms with Gasteiger partial charge in [-0.25, -0.2) is 0 Å². The van der Waals surface area contributed by atoms with Crippen molar-refractivity contribution in [2.75, 3.05) is 0 Å². The molecule has 2 aromatic rings. The standard InChI is InChI=1S/C17H16O/c1-2-17(18,16-11-7-4-8-12-16)14-13-15-9-5-3-6-10-15/h3-12,18H,2H2,1H3. The minimum absolute atomic E-state index is 0.566. The van der Waals surface area contributed by atoms with Crippen molar-refractivity contribution in [3.05, 3.63) is 71.8 Å². The molecule has 2 aromatic carbocycles. The van der Waals surface area contributed by atoms with E-state index in [1.165, 1.54) is 0 Å². The Bertz CT molecular complexity index is 548. The smallest absolute Gasteiger partial charge is 0.151 e. The van der Waals surface area contributed by atoms with Crippen LogP contribution in [0.3, 0.4) is 0 Å². The number of hydrogen-bond acceptors (Lipinski definition) is 1. The molecular formula is C17H16O. The Balaban J connectivity index is 2.33. The zero-order valence-corrected chi connectivity index (χ0v) is 10.4. The van der Waals surface area contributed by atoms with Gasteiger partial charge >= 0.3 is 0 Å². The van der Waals surface area contributed by atoms with E-state index < -0.39 is 5.60 Å². The highest BCUT2D eigenvalue weighted by Gasteiger charge is 2.23. The van der Waals surface area contributed by atoms with E-state index >= 15 is 0 Å². The van der Waals surface area contributed by atoms with Gasteiger partial charge < -0.3 is 5.11 Å². The van der Waals surface area contributed by atoms with Gasteiger partial charge in [0, 0.05) is 5.56 Å². The average Bonchev–Trinajstić information content (AvgIpc) is 2.47. The third-order valence-corrected chi connectivity index (χ3v) is 2.95. The number of benzene rings is 2. The van der Waals surface area contributed by atoms with Crippen LogP contribution >= 0.6 is 0 Å². The zero-order chi connectivity index (χ0) is 12.8. The fourth-order valence-corrected chi connectivity index (χ4v) is 1.78. The van der Waals surface area contributed by atoms with E-state index in [0.29, 0.717) is 6.42 Å². The molecule has 0 amide bonds. The van der Waals surface area contributed by atoms with E-state index in [9.17, 15) is 5.11 Å². The van der Waals surface area contributed by atoms with Crippen LogP contribution in [0.5, 0.6) is 0 Å². The molecule has 1 nitrogen and oxygen atoms in total. The SMILES string of the molecule is CCC(O)(C#Cc1ccccc1)c1ccccc1. The van der Waals surface area contributed by atoms with Crippen LogP contribution in [0.4, 0.5) is 0 Å². The van der Waals surface area contributed by atoms with E-state index in [0.717, 1.165) is 11.1 Å². The summed E-state index contributed by atoms with van der Waals surface area (Å²) in [5.74, 6) is 6.02. The van der Waals surface area contributed by atoms with E-state index in [1.807, 2.05) is 67.6 Å². The summed E-state index contributed by atoms with van der Waals surface area (Å²) in [4.78, 5) is 0. The molecule has 0 fully saturated rings. The van der Waals surface area contributed by atoms with Crippen molar-refractivity contribution in [2.24, 2.45) is 0 Å². The largest absolute Gasteiger partial charge is 0.373 e. The first-order valence-electron chi connectivity index (χ1n) is 6.11. The molecule has 90 valence electrons. The molecule has 1 atom stereocenters. The molecule has 1 heteroatoms. The van der Waals surface area contributed by atoms with Crippen molar-refractivity contribution >= 4 is 0 Å². The van der Waals surface area contributed by atoms with Gasteiger partial charge in [-0.1, -0.05) is 67.3 Å². The first-order valence-corrected chi connectivity index (χ1v) is 6.11. The highest BCUT2D eigenvalue weighted by molar-refractivity contribution is 5.39. The van der Waals surface area contributed by atoms with Gasteiger partial charge in [0.15, 0.2) is 5.60 Å². The molecule has 0 aromatic heterocycles. The molecule has 2 rings (SSSR count). The van der Waals surface area contributed by atoms with Gasteiger partial charge in [-0.15, -0.1) is 0 Å². The van der Waals surface area contributed by atoms with Crippen molar-refractivity contribution in [1.82, 2.24) is 0 Å². The van der Waals surface area contributed by atoms with E-state index in [1.54, 1.807) is 0 Å². The maximum absolute atomic E-state index is 10.6. The van der Waals surface area contributed by atoms with Gasteiger partial charge in [-0.05, 0) is 24.1 Å². The van der Waals surface area contributed by atoms with Crippen LogP contribution in [0.15, 0.2) is 60.7 Å². The first-order chi connectivity index (χ1) is 8.74. The molecule has 1 N–H and O–H groups in total. The second-order valence-corrected chi connectivity index (χ2v) is 4.20. The van der Waals surface area contributed by atoms with Crippen molar-refractivity contribution in [2.45, 2.75) is 18.9 Å². The molecule has 0 saturated heterocycles. The van der Waals surface area contributed by atoms with Crippen LogP contribution in [0.25, 0.3) is 0 Å². The summed E-state index contributed by atoms with van der Waals surface area (Å²) in [5.41, 5.74) is 0.688. The van der Waals surface area contributed by atoms with Crippen molar-refractivity contribution in [3.63, 3.8) is 0 Å². The summed E-state index contributed by atoms with van der Waals surface area (Å²) in [5, 5.41) is 10.6. The molecule has 0 spiro atoms. The van der Waals surface area contributed by atoms with Crippen LogP contribution in [-0.2, 0) is 5.60 Å². The zero-order valence-electron chi connectivity index (χ0n) is 10.4. The molecule has 0 saturated carbocycles. The van der Waals surface area contributed by atoms with Crippen molar-refractivity contribution in [1.29, 1.82) is 0 Å². The Hall–Kier alpha value is -2.04. The van der Waals surface area contributed by atoms with Crippen molar-refractivity contribution < 1.29 is 5.11 Å². The fraction of sp³-hybridized carbons (Fsp3) is 0.176. The van der Waals surface area contributed by atoms with Crippen molar-refractivity contribution in [3.8, 4) is 11.8 Å². The Morgan fingerprint density at radius 3 is 2.06 bits per heavy atom. The quantitative estimate of drug-likeness (QED) is 0.793. The van der Waals surface area contributed by atoms with Gasteiger partial charge in [-0.2, -0.15) is 0 Å². The lowest BCUT2D eigenvalue weighted by Gasteiger charge is -2.20. The highest BCUT2D eigenvalue weighted by atomic mass is 16.3. The minimum Gasteiger partial charge on any atom is -0.373 e. The molecule has 0 radical (unpaired) electrons. The number of aliphatic hydroxyl groups is 1. The molecule has 0 bridgehead atoms. The van der Waals surface area contributed by atoms with Gasteiger partial charge in [-0.3, -0.25) is 0 Å². The van der Waals surface area contributed by atoms with Crippen LogP contribution in [-0.4, -0.2) is 5.11 Å². The second kappa shape index (κ2) is 5.53. The maximum Gasteiger partial charge on any atom is 0.151 e. The van der Waals surface area contributed by atoms with Gasteiger partial charge in [0.2, 0.25) is 0 Å². The predicted octanol–water partition coefficient (Wildman–Crippen LogP) is 3.34. The number of hydrogen-bond donors (Lipinski definition) is 1. The van der Waals surface area contributed by atoms with Gasteiger partial charge in [0.05, 0.1) is 0 Å². The minimum atomic E-state index is -1.07. The van der Waals surface area contributed by atoms with Crippen LogP contribution in [0, 0.1) is 11.8 Å². The maximum atomic E-state index is 10.6. The van der Waals surface area contributed by atoms with Crippen LogP contribution in [0.2, 0.25) is 0 Å². The van der Waals surface area contributed by atoms with Gasteiger partial charge in [0.1, 0.15) is 0 Å². The van der Waals surface area contributed by atoms with Crippen LogP contribution < -0.4 is 0 Å². The third kappa shape index (κ3) is 2.80. The molecule has 0 aliphatic heterocycles. The molecule has 0 aliphatic rings. The molecule has 1 unspecified atom stereocenters. The lowest BCUT2D eigenvalue weighted by Crippen LogP contribution is -2.22. The van der Waals surface area contributed by atoms with E-state index in [2.05, 4.69) is 11.8 Å². The summed E-state index contributed by atoms with van der Waals surface area (Å²) in [6.07, 6.45) is 0.566.